The first-order valence-corrected chi connectivity index (χ1v) is 8.75. The molecule has 0 bridgehead atoms. The molecule has 1 aliphatic heterocycles. The first kappa shape index (κ1) is 17.2. The molecule has 0 atom stereocenters. The predicted molar refractivity (Wildman–Crippen MR) is 101 cm³/mol. The van der Waals surface area contributed by atoms with Crippen LogP contribution in [0.15, 0.2) is 52.1 Å². The first-order chi connectivity index (χ1) is 12.9. The van der Waals surface area contributed by atoms with Crippen LogP contribution in [0.1, 0.15) is 16.7 Å². The van der Waals surface area contributed by atoms with E-state index in [1.54, 1.807) is 12.1 Å². The number of hydrogen-bond donors (Lipinski definition) is 0. The molecule has 0 spiro atoms. The van der Waals surface area contributed by atoms with Gasteiger partial charge in [0.25, 0.3) is 0 Å². The Labute approximate surface area is 155 Å². The number of benzene rings is 2. The van der Waals surface area contributed by atoms with E-state index >= 15 is 0 Å². The van der Waals surface area contributed by atoms with Gasteiger partial charge in [-0.15, -0.1) is 5.10 Å². The summed E-state index contributed by atoms with van der Waals surface area (Å²) in [7, 11) is 0. The lowest BCUT2D eigenvalue weighted by atomic mass is 10.1. The molecule has 138 valence electrons. The number of aromatic nitrogens is 3. The van der Waals surface area contributed by atoms with Crippen LogP contribution in [0.4, 0.5) is 16.0 Å². The Morgan fingerprint density at radius 2 is 1.74 bits per heavy atom. The zero-order valence-electron chi connectivity index (χ0n) is 15.1. The zero-order valence-corrected chi connectivity index (χ0v) is 15.1. The third-order valence-electron chi connectivity index (χ3n) is 4.87. The molecule has 0 aliphatic carbocycles. The molecule has 0 saturated carbocycles. The van der Waals surface area contributed by atoms with Crippen molar-refractivity contribution in [3.05, 3.63) is 85.7 Å². The van der Waals surface area contributed by atoms with Crippen LogP contribution in [0.2, 0.25) is 0 Å². The monoisotopic (exact) mass is 366 g/mol. The van der Waals surface area contributed by atoms with E-state index in [4.69, 9.17) is 0 Å². The standard InChI is InChI=1S/C20H19FN4O2/c1-13-3-4-14(2)15(11-13)12-25-19(27)18(26)24-10-9-23(20(24)22-25)17-7-5-16(21)6-8-17/h3-8,11H,9-10,12H2,1-2H3. The van der Waals surface area contributed by atoms with E-state index in [1.165, 1.54) is 21.4 Å². The summed E-state index contributed by atoms with van der Waals surface area (Å²) in [6, 6.07) is 12.0. The normalized spacial score (nSPS) is 13.1. The molecule has 1 aromatic heterocycles. The molecule has 6 nitrogen and oxygen atoms in total. The first-order valence-electron chi connectivity index (χ1n) is 8.75. The van der Waals surface area contributed by atoms with Gasteiger partial charge in [-0.1, -0.05) is 23.8 Å². The average molecular weight is 366 g/mol. The molecule has 1 aliphatic rings. The molecule has 7 heteroatoms. The van der Waals surface area contributed by atoms with Crippen LogP contribution in [0.5, 0.6) is 0 Å². The average Bonchev–Trinajstić information content (AvgIpc) is 3.07. The second-order valence-corrected chi connectivity index (χ2v) is 6.78. The summed E-state index contributed by atoms with van der Waals surface area (Å²) >= 11 is 0. The third-order valence-corrected chi connectivity index (χ3v) is 4.87. The second-order valence-electron chi connectivity index (χ2n) is 6.78. The smallest absolute Gasteiger partial charge is 0.309 e. The van der Waals surface area contributed by atoms with E-state index in [9.17, 15) is 14.0 Å². The number of anilines is 2. The predicted octanol–water partition coefficient (Wildman–Crippen LogP) is 2.36. The van der Waals surface area contributed by atoms with Gasteiger partial charge in [0.05, 0.1) is 6.54 Å². The fraction of sp³-hybridized carbons (Fsp3) is 0.250. The second kappa shape index (κ2) is 6.50. The summed E-state index contributed by atoms with van der Waals surface area (Å²) in [5.74, 6) is 0.0692. The molecule has 3 aromatic rings. The molecular formula is C20H19FN4O2. The number of aryl methyl sites for hydroxylation is 2. The summed E-state index contributed by atoms with van der Waals surface area (Å²) in [6.07, 6.45) is 0. The molecule has 2 heterocycles. The van der Waals surface area contributed by atoms with Crippen molar-refractivity contribution < 1.29 is 4.39 Å². The lowest BCUT2D eigenvalue weighted by Crippen LogP contribution is -2.42. The highest BCUT2D eigenvalue weighted by Crippen LogP contribution is 2.26. The zero-order chi connectivity index (χ0) is 19.1. The van der Waals surface area contributed by atoms with E-state index in [2.05, 4.69) is 5.10 Å². The van der Waals surface area contributed by atoms with Gasteiger partial charge in [-0.2, -0.15) is 0 Å². The quantitative estimate of drug-likeness (QED) is 0.668. The lowest BCUT2D eigenvalue weighted by molar-refractivity contribution is 0.590. The molecule has 0 unspecified atom stereocenters. The van der Waals surface area contributed by atoms with Gasteiger partial charge in [0.1, 0.15) is 5.82 Å². The Bertz CT molecular complexity index is 1130. The fourth-order valence-corrected chi connectivity index (χ4v) is 3.33. The maximum Gasteiger partial charge on any atom is 0.333 e. The minimum Gasteiger partial charge on any atom is -0.309 e. The molecule has 0 fully saturated rings. The Morgan fingerprint density at radius 1 is 1.00 bits per heavy atom. The SMILES string of the molecule is Cc1ccc(C)c(Cn2nc3n(c(=O)c2=O)CCN3c2ccc(F)cc2)c1. The van der Waals surface area contributed by atoms with Crippen LogP contribution in [0, 0.1) is 19.7 Å². The minimum atomic E-state index is -0.638. The largest absolute Gasteiger partial charge is 0.333 e. The minimum absolute atomic E-state index is 0.229. The molecule has 0 N–H and O–H groups in total. The van der Waals surface area contributed by atoms with Gasteiger partial charge in [-0.3, -0.25) is 14.2 Å². The summed E-state index contributed by atoms with van der Waals surface area (Å²) in [4.78, 5) is 26.9. The highest BCUT2D eigenvalue weighted by atomic mass is 19.1. The molecule has 4 rings (SSSR count). The lowest BCUT2D eigenvalue weighted by Gasteiger charge is -2.18. The van der Waals surface area contributed by atoms with Crippen LogP contribution in [0.25, 0.3) is 0 Å². The van der Waals surface area contributed by atoms with Crippen LogP contribution < -0.4 is 16.0 Å². The maximum absolute atomic E-state index is 13.2. The number of nitrogens with zero attached hydrogens (tertiary/aromatic N) is 4. The van der Waals surface area contributed by atoms with Crippen molar-refractivity contribution in [2.75, 3.05) is 11.4 Å². The Kier molecular flexibility index (Phi) is 4.14. The highest BCUT2D eigenvalue weighted by molar-refractivity contribution is 5.58. The molecule has 2 aromatic carbocycles. The highest BCUT2D eigenvalue weighted by Gasteiger charge is 2.26. The summed E-state index contributed by atoms with van der Waals surface area (Å²) in [5, 5.41) is 4.46. The van der Waals surface area contributed by atoms with Gasteiger partial charge < -0.3 is 4.90 Å². The number of hydrogen-bond acceptors (Lipinski definition) is 4. The summed E-state index contributed by atoms with van der Waals surface area (Å²) < 4.78 is 15.8. The van der Waals surface area contributed by atoms with Gasteiger partial charge in [0.15, 0.2) is 0 Å². The van der Waals surface area contributed by atoms with Gasteiger partial charge in [-0.25, -0.2) is 9.07 Å². The van der Waals surface area contributed by atoms with E-state index < -0.39 is 11.1 Å². The van der Waals surface area contributed by atoms with E-state index in [-0.39, 0.29) is 12.4 Å². The Morgan fingerprint density at radius 3 is 2.48 bits per heavy atom. The third kappa shape index (κ3) is 3.05. The van der Waals surface area contributed by atoms with Crippen LogP contribution >= 0.6 is 0 Å². The Balaban J connectivity index is 1.79. The molecule has 0 saturated heterocycles. The van der Waals surface area contributed by atoms with Crippen LogP contribution in [-0.2, 0) is 13.1 Å². The van der Waals surface area contributed by atoms with Gasteiger partial charge in [0, 0.05) is 18.8 Å². The summed E-state index contributed by atoms with van der Waals surface area (Å²) in [6.45, 7) is 5.05. The van der Waals surface area contributed by atoms with Crippen LogP contribution in [-0.4, -0.2) is 20.9 Å². The van der Waals surface area contributed by atoms with Crippen molar-refractivity contribution in [2.24, 2.45) is 0 Å². The molecule has 0 radical (unpaired) electrons. The van der Waals surface area contributed by atoms with Crippen molar-refractivity contribution in [3.8, 4) is 0 Å². The molecule has 27 heavy (non-hydrogen) atoms. The van der Waals surface area contributed by atoms with Gasteiger partial charge in [0.2, 0.25) is 5.95 Å². The van der Waals surface area contributed by atoms with Crippen molar-refractivity contribution in [2.45, 2.75) is 26.9 Å². The van der Waals surface area contributed by atoms with Crippen molar-refractivity contribution in [1.82, 2.24) is 14.3 Å². The van der Waals surface area contributed by atoms with Crippen molar-refractivity contribution in [1.29, 1.82) is 0 Å². The fourth-order valence-electron chi connectivity index (χ4n) is 3.33. The van der Waals surface area contributed by atoms with E-state index in [0.717, 1.165) is 22.4 Å². The van der Waals surface area contributed by atoms with Crippen molar-refractivity contribution in [3.63, 3.8) is 0 Å². The number of rotatable bonds is 3. The Hall–Kier alpha value is -3.22. The van der Waals surface area contributed by atoms with Gasteiger partial charge in [-0.05, 0) is 49.2 Å². The topological polar surface area (TPSA) is 60.1 Å². The molecule has 0 amide bonds. The van der Waals surface area contributed by atoms with E-state index in [0.29, 0.717) is 19.0 Å². The van der Waals surface area contributed by atoms with Gasteiger partial charge >= 0.3 is 11.1 Å². The summed E-state index contributed by atoms with van der Waals surface area (Å²) in [5.41, 5.74) is 2.56. The van der Waals surface area contributed by atoms with Crippen molar-refractivity contribution >= 4 is 11.6 Å². The van der Waals surface area contributed by atoms with Crippen LogP contribution in [0.3, 0.4) is 0 Å². The number of fused-ring (bicyclic) bond motifs is 1. The number of halogens is 1. The maximum atomic E-state index is 13.2. The molecular weight excluding hydrogens is 347 g/mol. The van der Waals surface area contributed by atoms with E-state index in [1.807, 2.05) is 36.9 Å².